The van der Waals surface area contributed by atoms with Crippen molar-refractivity contribution < 1.29 is 30.0 Å². The zero-order chi connectivity index (χ0) is 19.1. The molecule has 1 aromatic carbocycles. The summed E-state index contributed by atoms with van der Waals surface area (Å²) < 4.78 is 1.70. The molecule has 0 spiro atoms. The van der Waals surface area contributed by atoms with Crippen molar-refractivity contribution in [3.63, 3.8) is 0 Å². The summed E-state index contributed by atoms with van der Waals surface area (Å²) in [7, 11) is 0. The third-order valence-corrected chi connectivity index (χ3v) is 5.82. The molecule has 2 unspecified atom stereocenters. The van der Waals surface area contributed by atoms with Crippen molar-refractivity contribution in [2.45, 2.75) is 12.2 Å². The third kappa shape index (κ3) is 6.69. The minimum atomic E-state index is -1.06. The molecule has 0 fully saturated rings. The largest absolute Gasteiger partial charge is 0.394 e. The number of aliphatic hydroxyl groups is 4. The molecule has 0 saturated heterocycles. The number of carbonyl (C=O) groups excluding carboxylic acids is 2. The van der Waals surface area contributed by atoms with Crippen LogP contribution in [0.5, 0.6) is 0 Å². The van der Waals surface area contributed by atoms with Crippen LogP contribution in [0.1, 0.15) is 20.7 Å². The molecule has 0 radical (unpaired) electrons. The zero-order valence-corrected chi connectivity index (χ0v) is 19.3. The number of hydrogen-bond donors (Lipinski definition) is 6. The summed E-state index contributed by atoms with van der Waals surface area (Å²) in [6, 6.07) is 1.68. The predicted molar refractivity (Wildman–Crippen MR) is 115 cm³/mol. The summed E-state index contributed by atoms with van der Waals surface area (Å²) >= 11 is 5.87. The van der Waals surface area contributed by atoms with Gasteiger partial charge in [0.2, 0.25) is 0 Å². The number of halogens is 3. The van der Waals surface area contributed by atoms with Gasteiger partial charge in [0, 0.05) is 23.8 Å². The highest BCUT2D eigenvalue weighted by molar-refractivity contribution is 14.1. The Bertz CT molecular complexity index is 593. The Morgan fingerprint density at radius 3 is 1.56 bits per heavy atom. The van der Waals surface area contributed by atoms with Crippen LogP contribution in [0.3, 0.4) is 0 Å². The van der Waals surface area contributed by atoms with Crippen molar-refractivity contribution in [2.24, 2.45) is 0 Å². The number of hydrogen-bond acceptors (Lipinski definition) is 6. The maximum absolute atomic E-state index is 12.4. The van der Waals surface area contributed by atoms with E-state index >= 15 is 0 Å². The van der Waals surface area contributed by atoms with Gasteiger partial charge in [-0.15, -0.1) is 0 Å². The minimum absolute atomic E-state index is 0.113. The van der Waals surface area contributed by atoms with E-state index in [0.717, 1.165) is 0 Å². The van der Waals surface area contributed by atoms with Crippen molar-refractivity contribution in [1.29, 1.82) is 0 Å². The van der Waals surface area contributed by atoms with Crippen LogP contribution in [0.25, 0.3) is 0 Å². The quantitative estimate of drug-likeness (QED) is 0.207. The van der Waals surface area contributed by atoms with Gasteiger partial charge < -0.3 is 31.1 Å². The van der Waals surface area contributed by atoms with Crippen molar-refractivity contribution in [3.8, 4) is 0 Å². The lowest BCUT2D eigenvalue weighted by Gasteiger charge is -2.16. The molecule has 0 aliphatic heterocycles. The lowest BCUT2D eigenvalue weighted by atomic mass is 10.1. The maximum atomic E-state index is 12.4. The SMILES string of the molecule is O=C(NCC(O)CO)c1c(I)cc(I)c(C(=O)NCC(O)CO)c1I. The number of rotatable bonds is 8. The number of nitrogens with one attached hydrogen (secondary N) is 2. The second-order valence-corrected chi connectivity index (χ2v) is 8.40. The second-order valence-electron chi connectivity index (χ2n) is 5.00. The molecular weight excluding hydrogens is 673 g/mol. The predicted octanol–water partition coefficient (Wildman–Crippen LogP) is -0.334. The average molecular weight is 690 g/mol. The average Bonchev–Trinajstić information content (AvgIpc) is 2.56. The van der Waals surface area contributed by atoms with Gasteiger partial charge in [0.05, 0.1) is 36.5 Å². The Labute approximate surface area is 185 Å². The van der Waals surface area contributed by atoms with Crippen LogP contribution in [-0.4, -0.2) is 70.8 Å². The maximum Gasteiger partial charge on any atom is 0.253 e. The van der Waals surface area contributed by atoms with Gasteiger partial charge in [-0.05, 0) is 73.8 Å². The van der Waals surface area contributed by atoms with Gasteiger partial charge in [0.15, 0.2) is 0 Å². The van der Waals surface area contributed by atoms with Crippen LogP contribution in [0.2, 0.25) is 0 Å². The molecule has 8 nitrogen and oxygen atoms in total. The number of carbonyl (C=O) groups is 2. The first-order valence-corrected chi connectivity index (χ1v) is 10.3. The molecule has 2 atom stereocenters. The van der Waals surface area contributed by atoms with Crippen molar-refractivity contribution in [2.75, 3.05) is 26.3 Å². The van der Waals surface area contributed by atoms with E-state index in [2.05, 4.69) is 10.6 Å². The van der Waals surface area contributed by atoms with Gasteiger partial charge in [-0.25, -0.2) is 0 Å². The van der Waals surface area contributed by atoms with Gasteiger partial charge in [0.25, 0.3) is 11.8 Å². The van der Waals surface area contributed by atoms with E-state index in [4.69, 9.17) is 10.2 Å². The molecule has 1 aromatic rings. The summed E-state index contributed by atoms with van der Waals surface area (Å²) in [5, 5.41) is 41.3. The first-order chi connectivity index (χ1) is 11.7. The lowest BCUT2D eigenvalue weighted by molar-refractivity contribution is 0.0798. The fourth-order valence-corrected chi connectivity index (χ4v) is 6.08. The van der Waals surface area contributed by atoms with Crippen molar-refractivity contribution >= 4 is 79.6 Å². The Morgan fingerprint density at radius 2 is 1.24 bits per heavy atom. The van der Waals surface area contributed by atoms with Crippen molar-refractivity contribution in [1.82, 2.24) is 10.6 Å². The molecule has 1 rings (SSSR count). The van der Waals surface area contributed by atoms with E-state index in [1.807, 2.05) is 67.8 Å². The van der Waals surface area contributed by atoms with Crippen LogP contribution in [0.4, 0.5) is 0 Å². The summed E-state index contributed by atoms with van der Waals surface area (Å²) in [5.41, 5.74) is 0.583. The molecule has 0 heterocycles. The Kier molecular flexibility index (Phi) is 10.3. The van der Waals surface area contributed by atoms with Gasteiger partial charge in [0.1, 0.15) is 0 Å². The lowest BCUT2D eigenvalue weighted by Crippen LogP contribution is -2.36. The molecular formula is C14H17I3N2O6. The van der Waals surface area contributed by atoms with E-state index in [-0.39, 0.29) is 13.1 Å². The Hall–Kier alpha value is 0.190. The number of benzene rings is 1. The summed E-state index contributed by atoms with van der Waals surface area (Å²) in [6.45, 7) is -1.17. The molecule has 140 valence electrons. The molecule has 0 saturated carbocycles. The fraction of sp³-hybridized carbons (Fsp3) is 0.429. The molecule has 0 aliphatic rings. The monoisotopic (exact) mass is 690 g/mol. The zero-order valence-electron chi connectivity index (χ0n) is 12.8. The van der Waals surface area contributed by atoms with Crippen LogP contribution in [0.15, 0.2) is 6.07 Å². The molecule has 2 amide bonds. The molecule has 0 aliphatic carbocycles. The van der Waals surface area contributed by atoms with Crippen LogP contribution < -0.4 is 10.6 Å². The van der Waals surface area contributed by atoms with Crippen LogP contribution >= 0.6 is 67.8 Å². The minimum Gasteiger partial charge on any atom is -0.394 e. The van der Waals surface area contributed by atoms with Crippen LogP contribution in [-0.2, 0) is 0 Å². The smallest absolute Gasteiger partial charge is 0.253 e. The van der Waals surface area contributed by atoms with Crippen LogP contribution in [0, 0.1) is 10.7 Å². The van der Waals surface area contributed by atoms with Gasteiger partial charge in [-0.2, -0.15) is 0 Å². The van der Waals surface area contributed by atoms with E-state index in [1.54, 1.807) is 6.07 Å². The number of aliphatic hydroxyl groups excluding tert-OH is 4. The Morgan fingerprint density at radius 1 is 0.880 bits per heavy atom. The van der Waals surface area contributed by atoms with Gasteiger partial charge in [-0.1, -0.05) is 0 Å². The van der Waals surface area contributed by atoms with Crippen molar-refractivity contribution in [3.05, 3.63) is 27.9 Å². The summed E-state index contributed by atoms with van der Waals surface area (Å²) in [4.78, 5) is 24.8. The summed E-state index contributed by atoms with van der Waals surface area (Å²) in [5.74, 6) is -0.940. The first-order valence-electron chi connectivity index (χ1n) is 7.04. The van der Waals surface area contributed by atoms with E-state index in [0.29, 0.717) is 21.8 Å². The molecule has 6 N–H and O–H groups in total. The molecule has 0 aromatic heterocycles. The molecule has 0 bridgehead atoms. The highest BCUT2D eigenvalue weighted by atomic mass is 127. The fourth-order valence-electron chi connectivity index (χ4n) is 1.73. The highest BCUT2D eigenvalue weighted by Crippen LogP contribution is 2.27. The third-order valence-electron chi connectivity index (χ3n) is 3.04. The second kappa shape index (κ2) is 11.1. The highest BCUT2D eigenvalue weighted by Gasteiger charge is 2.24. The number of amides is 2. The van der Waals surface area contributed by atoms with Gasteiger partial charge >= 0.3 is 0 Å². The first kappa shape index (κ1) is 23.2. The van der Waals surface area contributed by atoms with E-state index in [9.17, 15) is 19.8 Å². The Balaban J connectivity index is 3.08. The normalized spacial score (nSPS) is 13.2. The summed E-state index contributed by atoms with van der Waals surface area (Å²) in [6.07, 6.45) is -2.13. The van der Waals surface area contributed by atoms with E-state index < -0.39 is 37.2 Å². The van der Waals surface area contributed by atoms with E-state index in [1.165, 1.54) is 0 Å². The van der Waals surface area contributed by atoms with Gasteiger partial charge in [-0.3, -0.25) is 9.59 Å². The standard InChI is InChI=1S/C14H17I3N2O6/c15-8-1-9(16)11(14(25)19-3-7(23)5-21)12(17)10(8)13(24)18-2-6(22)4-20/h1,6-7,20-23H,2-5H2,(H,18,24)(H,19,25). The topological polar surface area (TPSA) is 139 Å². The molecule has 11 heteroatoms. The molecule has 25 heavy (non-hydrogen) atoms.